The standard InChI is InChI=1S/C31H39NO3S.H3N/c1-20-7-12-25(13-8-20)35-26-14-10-23(11-15-26)29-19-36-30(32-29)28(22-5-3-4-6-22)18-24-17-21(2)9-16-27(24)31(33)34;/h10-11,14-17,19-22,25,28H,3-9,12-13,18H2,1-2H3,(H,33,34);1H3. The van der Waals surface area contributed by atoms with Gasteiger partial charge in [0.25, 0.3) is 0 Å². The van der Waals surface area contributed by atoms with Gasteiger partial charge in [-0.15, -0.1) is 11.3 Å². The van der Waals surface area contributed by atoms with Gasteiger partial charge in [-0.3, -0.25) is 0 Å². The number of carbonyl (C=O) groups is 1. The topological polar surface area (TPSA) is 94.4 Å². The molecule has 3 aliphatic carbocycles. The maximum Gasteiger partial charge on any atom is 0.335 e. The number of carboxylic acids is 1. The first kappa shape index (κ1) is 27.6. The van der Waals surface area contributed by atoms with Crippen molar-refractivity contribution in [1.82, 2.24) is 11.1 Å². The number of rotatable bonds is 8. The molecule has 0 radical (unpaired) electrons. The maximum atomic E-state index is 11.9. The molecule has 5 rings (SSSR count). The summed E-state index contributed by atoms with van der Waals surface area (Å²) in [6, 6.07) is 8.42. The van der Waals surface area contributed by atoms with Gasteiger partial charge in [0.2, 0.25) is 0 Å². The fourth-order valence-electron chi connectivity index (χ4n) is 6.23. The average molecular weight is 523 g/mol. The number of aliphatic carboxylic acids is 1. The summed E-state index contributed by atoms with van der Waals surface area (Å²) >= 11 is 1.73. The number of hydrogen-bond donors (Lipinski definition) is 2. The third-order valence-electron chi connectivity index (χ3n) is 8.42. The lowest BCUT2D eigenvalue weighted by Gasteiger charge is -2.26. The SMILES string of the molecule is CC1C=C(CC(c2nc(-c3ccc(OC4CCC(C)CC4)cc3)cs2)C2CCCC2)C(C(=O)O)=CC1.N. The first-order chi connectivity index (χ1) is 17.5. The van der Waals surface area contributed by atoms with Gasteiger partial charge in [0.15, 0.2) is 0 Å². The molecule has 2 aromatic rings. The van der Waals surface area contributed by atoms with Crippen LogP contribution < -0.4 is 10.9 Å². The van der Waals surface area contributed by atoms with Gasteiger partial charge in [0.05, 0.1) is 22.4 Å². The van der Waals surface area contributed by atoms with Crippen LogP contribution in [0.15, 0.2) is 52.9 Å². The number of nitrogens with zero attached hydrogens (tertiary/aromatic N) is 1. The molecular formula is C31H42N2O3S. The summed E-state index contributed by atoms with van der Waals surface area (Å²) in [6.07, 6.45) is 15.8. The van der Waals surface area contributed by atoms with Crippen LogP contribution in [0.2, 0.25) is 0 Å². The number of aromatic nitrogens is 1. The second-order valence-electron chi connectivity index (χ2n) is 11.3. The van der Waals surface area contributed by atoms with Crippen LogP contribution in [0.3, 0.4) is 0 Å². The first-order valence-electron chi connectivity index (χ1n) is 13.8. The smallest absolute Gasteiger partial charge is 0.335 e. The van der Waals surface area contributed by atoms with Crippen molar-refractivity contribution in [2.75, 3.05) is 0 Å². The molecule has 2 atom stereocenters. The fraction of sp³-hybridized carbons (Fsp3) is 0.548. The van der Waals surface area contributed by atoms with Gasteiger partial charge in [-0.1, -0.05) is 38.8 Å². The van der Waals surface area contributed by atoms with E-state index in [-0.39, 0.29) is 12.1 Å². The van der Waals surface area contributed by atoms with E-state index in [1.165, 1.54) is 38.5 Å². The van der Waals surface area contributed by atoms with E-state index in [0.29, 0.717) is 23.5 Å². The van der Waals surface area contributed by atoms with Crippen LogP contribution in [0.4, 0.5) is 0 Å². The highest BCUT2D eigenvalue weighted by Gasteiger charge is 2.32. The highest BCUT2D eigenvalue weighted by molar-refractivity contribution is 7.10. The first-order valence-corrected chi connectivity index (χ1v) is 14.7. The molecule has 0 spiro atoms. The number of carboxylic acid groups (broad SMARTS) is 1. The normalized spacial score (nSPS) is 25.1. The summed E-state index contributed by atoms with van der Waals surface area (Å²) < 4.78 is 6.25. The van der Waals surface area contributed by atoms with Crippen LogP contribution >= 0.6 is 11.3 Å². The zero-order valence-corrected chi connectivity index (χ0v) is 23.1. The molecule has 3 aliphatic rings. The van der Waals surface area contributed by atoms with E-state index < -0.39 is 5.97 Å². The molecule has 5 nitrogen and oxygen atoms in total. The van der Waals surface area contributed by atoms with Gasteiger partial charge >= 0.3 is 5.97 Å². The second-order valence-corrected chi connectivity index (χ2v) is 12.2. The molecule has 200 valence electrons. The van der Waals surface area contributed by atoms with Crippen LogP contribution in [0.1, 0.15) is 89.0 Å². The molecule has 2 saturated carbocycles. The zero-order chi connectivity index (χ0) is 25.1. The summed E-state index contributed by atoms with van der Waals surface area (Å²) in [5, 5.41) is 13.1. The number of hydrogen-bond acceptors (Lipinski definition) is 5. The lowest BCUT2D eigenvalue weighted by Crippen LogP contribution is -2.22. The van der Waals surface area contributed by atoms with Crippen LogP contribution in [-0.2, 0) is 4.79 Å². The lowest BCUT2D eigenvalue weighted by atomic mass is 9.81. The zero-order valence-electron chi connectivity index (χ0n) is 22.3. The van der Waals surface area contributed by atoms with Gasteiger partial charge in [0.1, 0.15) is 5.75 Å². The van der Waals surface area contributed by atoms with E-state index in [9.17, 15) is 9.90 Å². The Morgan fingerprint density at radius 2 is 1.78 bits per heavy atom. The van der Waals surface area contributed by atoms with E-state index >= 15 is 0 Å². The maximum absolute atomic E-state index is 11.9. The minimum atomic E-state index is -0.803. The summed E-state index contributed by atoms with van der Waals surface area (Å²) in [7, 11) is 0. The molecule has 37 heavy (non-hydrogen) atoms. The van der Waals surface area contributed by atoms with Crippen LogP contribution in [0.25, 0.3) is 11.3 Å². The van der Waals surface area contributed by atoms with E-state index in [1.54, 1.807) is 11.3 Å². The number of benzene rings is 1. The van der Waals surface area contributed by atoms with Crippen molar-refractivity contribution in [3.63, 3.8) is 0 Å². The second kappa shape index (κ2) is 12.4. The summed E-state index contributed by atoms with van der Waals surface area (Å²) in [5.74, 6) is 2.21. The Hall–Kier alpha value is -2.44. The lowest BCUT2D eigenvalue weighted by molar-refractivity contribution is -0.132. The molecule has 4 N–H and O–H groups in total. The Kier molecular flexibility index (Phi) is 9.25. The monoisotopic (exact) mass is 522 g/mol. The molecule has 0 amide bonds. The number of thiazole rings is 1. The molecule has 0 saturated heterocycles. The predicted molar refractivity (Wildman–Crippen MR) is 152 cm³/mol. The number of ether oxygens (including phenoxy) is 1. The number of allylic oxidation sites excluding steroid dienone is 2. The van der Waals surface area contributed by atoms with E-state index in [4.69, 9.17) is 9.72 Å². The molecule has 0 aliphatic heterocycles. The minimum absolute atomic E-state index is 0. The minimum Gasteiger partial charge on any atom is -0.490 e. The van der Waals surface area contributed by atoms with E-state index in [0.717, 1.165) is 59.2 Å². The Morgan fingerprint density at radius 1 is 1.08 bits per heavy atom. The molecule has 1 aromatic heterocycles. The third-order valence-corrected chi connectivity index (χ3v) is 9.40. The van der Waals surface area contributed by atoms with Gasteiger partial charge in [-0.2, -0.15) is 0 Å². The Labute approximate surface area is 225 Å². The van der Waals surface area contributed by atoms with E-state index in [1.807, 2.05) is 6.08 Å². The Bertz CT molecular complexity index is 1110. The van der Waals surface area contributed by atoms with Gasteiger partial charge < -0.3 is 16.0 Å². The summed E-state index contributed by atoms with van der Waals surface area (Å²) in [6.45, 7) is 4.50. The molecular weight excluding hydrogens is 480 g/mol. The molecule has 1 heterocycles. The van der Waals surface area contributed by atoms with Crippen molar-refractivity contribution in [2.45, 2.75) is 90.1 Å². The molecule has 2 fully saturated rings. The quantitative estimate of drug-likeness (QED) is 0.362. The van der Waals surface area contributed by atoms with Crippen molar-refractivity contribution < 1.29 is 14.6 Å². The molecule has 2 unspecified atom stereocenters. The highest BCUT2D eigenvalue weighted by Crippen LogP contribution is 2.44. The largest absolute Gasteiger partial charge is 0.490 e. The summed E-state index contributed by atoms with van der Waals surface area (Å²) in [5.41, 5.74) is 3.62. The van der Waals surface area contributed by atoms with Crippen molar-refractivity contribution in [1.29, 1.82) is 0 Å². The third kappa shape index (κ3) is 6.71. The van der Waals surface area contributed by atoms with Gasteiger partial charge in [0, 0.05) is 16.9 Å². The predicted octanol–water partition coefficient (Wildman–Crippen LogP) is 8.57. The van der Waals surface area contributed by atoms with Gasteiger partial charge in [-0.05, 0) is 99.0 Å². The Morgan fingerprint density at radius 3 is 2.46 bits per heavy atom. The van der Waals surface area contributed by atoms with Crippen LogP contribution in [0.5, 0.6) is 5.75 Å². The Balaban J connectivity index is 0.00000320. The molecule has 6 heteroatoms. The average Bonchev–Trinajstić information content (AvgIpc) is 3.57. The summed E-state index contributed by atoms with van der Waals surface area (Å²) in [4.78, 5) is 17.1. The van der Waals surface area contributed by atoms with Crippen molar-refractivity contribution >= 4 is 17.3 Å². The fourth-order valence-corrected chi connectivity index (χ4v) is 7.25. The van der Waals surface area contributed by atoms with E-state index in [2.05, 4.69) is 49.6 Å². The highest BCUT2D eigenvalue weighted by atomic mass is 32.1. The van der Waals surface area contributed by atoms with Crippen molar-refractivity contribution in [2.24, 2.45) is 17.8 Å². The van der Waals surface area contributed by atoms with Crippen LogP contribution in [-0.4, -0.2) is 22.2 Å². The molecule has 0 bridgehead atoms. The van der Waals surface area contributed by atoms with Crippen molar-refractivity contribution in [3.8, 4) is 17.0 Å². The van der Waals surface area contributed by atoms with Gasteiger partial charge in [-0.25, -0.2) is 9.78 Å². The van der Waals surface area contributed by atoms with Crippen LogP contribution in [0, 0.1) is 17.8 Å². The molecule has 1 aromatic carbocycles. The van der Waals surface area contributed by atoms with Crippen molar-refractivity contribution in [3.05, 3.63) is 58.0 Å².